The molecule has 0 spiro atoms. The van der Waals surface area contributed by atoms with Gasteiger partial charge in [-0.05, 0) is 26.2 Å². The fraction of sp³-hybridized carbons (Fsp3) is 0.714. The zero-order chi connectivity index (χ0) is 13.5. The fourth-order valence-electron chi connectivity index (χ4n) is 2.24. The third-order valence-corrected chi connectivity index (χ3v) is 3.12. The van der Waals surface area contributed by atoms with Gasteiger partial charge in [0.15, 0.2) is 0 Å². The molecule has 19 heavy (non-hydrogen) atoms. The quantitative estimate of drug-likeness (QED) is 0.826. The molecule has 0 aromatic carbocycles. The minimum absolute atomic E-state index is 0.368. The van der Waals surface area contributed by atoms with E-state index in [-0.39, 0.29) is 0 Å². The first kappa shape index (κ1) is 14.1. The minimum atomic E-state index is 0.368. The summed E-state index contributed by atoms with van der Waals surface area (Å²) in [5.41, 5.74) is 0. The third kappa shape index (κ3) is 4.35. The molecule has 0 aliphatic carbocycles. The molecular formula is C14H24N4O. The van der Waals surface area contributed by atoms with Gasteiger partial charge < -0.3 is 15.4 Å². The van der Waals surface area contributed by atoms with Crippen molar-refractivity contribution in [1.29, 1.82) is 0 Å². The van der Waals surface area contributed by atoms with E-state index >= 15 is 0 Å². The number of aryl methyl sites for hydroxylation is 1. The lowest BCUT2D eigenvalue weighted by Gasteiger charge is -2.24. The number of aromatic nitrogens is 2. The van der Waals surface area contributed by atoms with Crippen LogP contribution < -0.4 is 10.6 Å². The van der Waals surface area contributed by atoms with E-state index in [1.807, 2.05) is 6.07 Å². The van der Waals surface area contributed by atoms with Gasteiger partial charge in [-0.3, -0.25) is 0 Å². The van der Waals surface area contributed by atoms with Crippen LogP contribution in [0.2, 0.25) is 0 Å². The van der Waals surface area contributed by atoms with Crippen LogP contribution in [0.4, 0.5) is 11.6 Å². The maximum atomic E-state index is 5.49. The molecule has 0 bridgehead atoms. The Kier molecular flexibility index (Phi) is 5.39. The first-order chi connectivity index (χ1) is 9.31. The highest BCUT2D eigenvalue weighted by Crippen LogP contribution is 2.16. The van der Waals surface area contributed by atoms with Crippen molar-refractivity contribution in [1.82, 2.24) is 9.97 Å². The molecule has 1 aliphatic rings. The Morgan fingerprint density at radius 2 is 2.16 bits per heavy atom. The van der Waals surface area contributed by atoms with Gasteiger partial charge in [0.05, 0.1) is 12.6 Å². The van der Waals surface area contributed by atoms with Crippen LogP contribution in [-0.2, 0) is 11.2 Å². The van der Waals surface area contributed by atoms with Crippen LogP contribution in [0.5, 0.6) is 0 Å². The number of hydrogen-bond donors (Lipinski definition) is 2. The normalized spacial score (nSPS) is 19.2. The Balaban J connectivity index is 2.08. The topological polar surface area (TPSA) is 59.1 Å². The molecule has 2 N–H and O–H groups in total. The molecule has 1 unspecified atom stereocenters. The number of nitrogens with zero attached hydrogens (tertiary/aromatic N) is 2. The molecule has 1 atom stereocenters. The number of anilines is 2. The predicted octanol–water partition coefficient (Wildman–Crippen LogP) is 2.45. The summed E-state index contributed by atoms with van der Waals surface area (Å²) in [5, 5.41) is 6.72. The molecule has 1 aliphatic heterocycles. The SMILES string of the molecule is CCCc1nc(NCC)cc(NC2CCCOC2)n1. The zero-order valence-electron chi connectivity index (χ0n) is 11.9. The second kappa shape index (κ2) is 7.28. The first-order valence-electron chi connectivity index (χ1n) is 7.28. The highest BCUT2D eigenvalue weighted by atomic mass is 16.5. The van der Waals surface area contributed by atoms with E-state index in [0.29, 0.717) is 6.04 Å². The van der Waals surface area contributed by atoms with Gasteiger partial charge in [0.25, 0.3) is 0 Å². The number of rotatable bonds is 6. The Bertz CT molecular complexity index is 367. The number of ether oxygens (including phenoxy) is 1. The lowest BCUT2D eigenvalue weighted by atomic mass is 10.1. The summed E-state index contributed by atoms with van der Waals surface area (Å²) in [6, 6.07) is 2.35. The average molecular weight is 264 g/mol. The van der Waals surface area contributed by atoms with E-state index < -0.39 is 0 Å². The molecule has 5 nitrogen and oxygen atoms in total. The Hall–Kier alpha value is -1.36. The third-order valence-electron chi connectivity index (χ3n) is 3.12. The minimum Gasteiger partial charge on any atom is -0.379 e. The van der Waals surface area contributed by atoms with Crippen molar-refractivity contribution in [2.45, 2.75) is 45.6 Å². The second-order valence-electron chi connectivity index (χ2n) is 4.89. The highest BCUT2D eigenvalue weighted by Gasteiger charge is 2.14. The summed E-state index contributed by atoms with van der Waals surface area (Å²) in [5.74, 6) is 2.71. The van der Waals surface area contributed by atoms with Gasteiger partial charge >= 0.3 is 0 Å². The Morgan fingerprint density at radius 1 is 1.32 bits per heavy atom. The van der Waals surface area contributed by atoms with E-state index in [1.54, 1.807) is 0 Å². The fourth-order valence-corrected chi connectivity index (χ4v) is 2.24. The molecule has 0 amide bonds. The molecular weight excluding hydrogens is 240 g/mol. The van der Waals surface area contributed by atoms with Crippen LogP contribution in [0.15, 0.2) is 6.07 Å². The summed E-state index contributed by atoms with van der Waals surface area (Å²) < 4.78 is 5.49. The maximum absolute atomic E-state index is 5.49. The van der Waals surface area contributed by atoms with Crippen LogP contribution in [0, 0.1) is 0 Å². The summed E-state index contributed by atoms with van der Waals surface area (Å²) in [6.45, 7) is 6.74. The largest absolute Gasteiger partial charge is 0.379 e. The Morgan fingerprint density at radius 3 is 2.84 bits per heavy atom. The van der Waals surface area contributed by atoms with Crippen LogP contribution in [-0.4, -0.2) is 35.8 Å². The van der Waals surface area contributed by atoms with Crippen molar-refractivity contribution >= 4 is 11.6 Å². The van der Waals surface area contributed by atoms with Crippen molar-refractivity contribution in [3.05, 3.63) is 11.9 Å². The molecule has 1 fully saturated rings. The lowest BCUT2D eigenvalue weighted by Crippen LogP contribution is -2.30. The molecule has 1 aromatic heterocycles. The molecule has 2 heterocycles. The molecule has 106 valence electrons. The van der Waals surface area contributed by atoms with Gasteiger partial charge in [0, 0.05) is 25.6 Å². The van der Waals surface area contributed by atoms with Crippen LogP contribution in [0.1, 0.15) is 38.9 Å². The van der Waals surface area contributed by atoms with Crippen molar-refractivity contribution in [2.24, 2.45) is 0 Å². The van der Waals surface area contributed by atoms with Gasteiger partial charge in [-0.1, -0.05) is 6.92 Å². The van der Waals surface area contributed by atoms with Crippen LogP contribution >= 0.6 is 0 Å². The highest BCUT2D eigenvalue weighted by molar-refractivity contribution is 5.48. The van der Waals surface area contributed by atoms with Crippen LogP contribution in [0.3, 0.4) is 0 Å². The lowest BCUT2D eigenvalue weighted by molar-refractivity contribution is 0.0875. The maximum Gasteiger partial charge on any atom is 0.133 e. The van der Waals surface area contributed by atoms with Crippen molar-refractivity contribution in [3.8, 4) is 0 Å². The van der Waals surface area contributed by atoms with E-state index in [4.69, 9.17) is 4.74 Å². The van der Waals surface area contributed by atoms with Gasteiger partial charge in [-0.25, -0.2) is 9.97 Å². The van der Waals surface area contributed by atoms with Crippen molar-refractivity contribution in [3.63, 3.8) is 0 Å². The smallest absolute Gasteiger partial charge is 0.133 e. The van der Waals surface area contributed by atoms with E-state index in [2.05, 4.69) is 34.4 Å². The standard InChI is InChI=1S/C14H24N4O/c1-3-6-12-17-13(15-4-2)9-14(18-12)16-11-7-5-8-19-10-11/h9,11H,3-8,10H2,1-2H3,(H2,15,16,17,18). The first-order valence-corrected chi connectivity index (χ1v) is 7.28. The summed E-state index contributed by atoms with van der Waals surface area (Å²) >= 11 is 0. The van der Waals surface area contributed by atoms with E-state index in [9.17, 15) is 0 Å². The van der Waals surface area contributed by atoms with Gasteiger partial charge in [-0.2, -0.15) is 0 Å². The number of hydrogen-bond acceptors (Lipinski definition) is 5. The van der Waals surface area contributed by atoms with E-state index in [0.717, 1.165) is 62.9 Å². The van der Waals surface area contributed by atoms with Gasteiger partial charge in [-0.15, -0.1) is 0 Å². The summed E-state index contributed by atoms with van der Waals surface area (Å²) in [6.07, 6.45) is 4.23. The second-order valence-corrected chi connectivity index (χ2v) is 4.89. The Labute approximate surface area is 115 Å². The van der Waals surface area contributed by atoms with Crippen molar-refractivity contribution < 1.29 is 4.74 Å². The van der Waals surface area contributed by atoms with E-state index in [1.165, 1.54) is 0 Å². The predicted molar refractivity (Wildman–Crippen MR) is 77.7 cm³/mol. The van der Waals surface area contributed by atoms with Gasteiger partial charge in [0.2, 0.25) is 0 Å². The summed E-state index contributed by atoms with van der Waals surface area (Å²) in [7, 11) is 0. The van der Waals surface area contributed by atoms with Crippen molar-refractivity contribution in [2.75, 3.05) is 30.4 Å². The zero-order valence-corrected chi connectivity index (χ0v) is 11.9. The molecule has 1 aromatic rings. The molecule has 2 rings (SSSR count). The summed E-state index contributed by atoms with van der Waals surface area (Å²) in [4.78, 5) is 9.09. The monoisotopic (exact) mass is 264 g/mol. The van der Waals surface area contributed by atoms with Gasteiger partial charge in [0.1, 0.15) is 17.5 Å². The average Bonchev–Trinajstić information content (AvgIpc) is 2.40. The van der Waals surface area contributed by atoms with Crippen LogP contribution in [0.25, 0.3) is 0 Å². The number of nitrogens with one attached hydrogen (secondary N) is 2. The molecule has 0 radical (unpaired) electrons. The molecule has 1 saturated heterocycles. The molecule has 5 heteroatoms. The molecule has 0 saturated carbocycles.